The van der Waals surface area contributed by atoms with Gasteiger partial charge in [0.1, 0.15) is 0 Å². The zero-order chi connectivity index (χ0) is 18.1. The van der Waals surface area contributed by atoms with Crippen molar-refractivity contribution in [3.05, 3.63) is 30.3 Å². The van der Waals surface area contributed by atoms with E-state index in [0.717, 1.165) is 12.5 Å². The molecular formula is C20H36IN5. The second-order valence-corrected chi connectivity index (χ2v) is 7.01. The van der Waals surface area contributed by atoms with Crippen molar-refractivity contribution in [2.45, 2.75) is 45.2 Å². The van der Waals surface area contributed by atoms with E-state index in [0.29, 0.717) is 12.1 Å². The van der Waals surface area contributed by atoms with Crippen LogP contribution in [0.2, 0.25) is 0 Å². The van der Waals surface area contributed by atoms with Crippen molar-refractivity contribution in [1.29, 1.82) is 0 Å². The Bertz CT molecular complexity index is 514. The number of nitrogens with zero attached hydrogens (tertiary/aromatic N) is 3. The van der Waals surface area contributed by atoms with Gasteiger partial charge in [-0.1, -0.05) is 25.1 Å². The van der Waals surface area contributed by atoms with E-state index in [1.807, 2.05) is 7.05 Å². The minimum Gasteiger partial charge on any atom is -0.370 e. The molecule has 0 aromatic heterocycles. The number of rotatable bonds is 7. The van der Waals surface area contributed by atoms with Gasteiger partial charge in [-0.15, -0.1) is 24.0 Å². The molecule has 0 amide bonds. The van der Waals surface area contributed by atoms with Gasteiger partial charge in [0.05, 0.1) is 0 Å². The van der Waals surface area contributed by atoms with Gasteiger partial charge in [-0.25, -0.2) is 0 Å². The van der Waals surface area contributed by atoms with E-state index >= 15 is 0 Å². The summed E-state index contributed by atoms with van der Waals surface area (Å²) in [6, 6.07) is 11.4. The van der Waals surface area contributed by atoms with Crippen LogP contribution >= 0.6 is 24.0 Å². The highest BCUT2D eigenvalue weighted by Gasteiger charge is 2.19. The van der Waals surface area contributed by atoms with Crippen molar-refractivity contribution < 1.29 is 0 Å². The van der Waals surface area contributed by atoms with Gasteiger partial charge in [-0.2, -0.15) is 0 Å². The van der Waals surface area contributed by atoms with Gasteiger partial charge in [-0.05, 0) is 44.9 Å². The molecule has 148 valence electrons. The number of benzene rings is 1. The summed E-state index contributed by atoms with van der Waals surface area (Å²) in [7, 11) is 3.99. The van der Waals surface area contributed by atoms with Crippen molar-refractivity contribution in [2.24, 2.45) is 4.99 Å². The molecule has 0 bridgehead atoms. The first kappa shape index (κ1) is 23.0. The molecule has 0 spiro atoms. The van der Waals surface area contributed by atoms with Gasteiger partial charge in [-0.3, -0.25) is 4.99 Å². The van der Waals surface area contributed by atoms with E-state index in [2.05, 4.69) is 76.7 Å². The molecule has 6 heteroatoms. The first-order valence-corrected chi connectivity index (χ1v) is 9.61. The van der Waals surface area contributed by atoms with Crippen LogP contribution in [0, 0.1) is 0 Å². The zero-order valence-electron chi connectivity index (χ0n) is 16.7. The Kier molecular flexibility index (Phi) is 11.0. The number of nitrogens with one attached hydrogen (secondary N) is 2. The Morgan fingerprint density at radius 1 is 1.27 bits per heavy atom. The van der Waals surface area contributed by atoms with Gasteiger partial charge >= 0.3 is 0 Å². The van der Waals surface area contributed by atoms with Crippen LogP contribution in [-0.2, 0) is 0 Å². The summed E-state index contributed by atoms with van der Waals surface area (Å²) < 4.78 is 0. The highest BCUT2D eigenvalue weighted by atomic mass is 127. The molecule has 5 nitrogen and oxygen atoms in total. The van der Waals surface area contributed by atoms with Gasteiger partial charge < -0.3 is 20.4 Å². The number of hydrogen-bond acceptors (Lipinski definition) is 3. The smallest absolute Gasteiger partial charge is 0.191 e. The number of piperidine rings is 1. The van der Waals surface area contributed by atoms with Crippen molar-refractivity contribution in [2.75, 3.05) is 45.2 Å². The number of anilines is 1. The maximum Gasteiger partial charge on any atom is 0.191 e. The standard InChI is InChI=1S/C20H35N5.HI/c1-5-13-25-14-11-18(12-15-25)23-20(21-3)22-16-17(2)24(4)19-9-7-6-8-10-19;/h6-10,17-18H,5,11-16H2,1-4H3,(H2,21,22,23);1H. The monoisotopic (exact) mass is 473 g/mol. The number of para-hydroxylation sites is 1. The lowest BCUT2D eigenvalue weighted by atomic mass is 10.1. The Morgan fingerprint density at radius 2 is 1.92 bits per heavy atom. The van der Waals surface area contributed by atoms with E-state index in [1.54, 1.807) is 0 Å². The highest BCUT2D eigenvalue weighted by molar-refractivity contribution is 14.0. The fourth-order valence-corrected chi connectivity index (χ4v) is 3.30. The van der Waals surface area contributed by atoms with Crippen LogP contribution in [-0.4, -0.2) is 63.2 Å². The number of likely N-dealkylation sites (N-methyl/N-ethyl adjacent to an activating group) is 1. The third-order valence-corrected chi connectivity index (χ3v) is 5.08. The van der Waals surface area contributed by atoms with Crippen LogP contribution in [0.1, 0.15) is 33.1 Å². The minimum atomic E-state index is 0. The fraction of sp³-hybridized carbons (Fsp3) is 0.650. The van der Waals surface area contributed by atoms with E-state index in [1.165, 1.54) is 44.6 Å². The largest absolute Gasteiger partial charge is 0.370 e. The normalized spacial score (nSPS) is 17.3. The third kappa shape index (κ3) is 7.31. The summed E-state index contributed by atoms with van der Waals surface area (Å²) in [5, 5.41) is 7.08. The predicted molar refractivity (Wildman–Crippen MR) is 124 cm³/mol. The van der Waals surface area contributed by atoms with Crippen LogP contribution in [0.3, 0.4) is 0 Å². The summed E-state index contributed by atoms with van der Waals surface area (Å²) in [4.78, 5) is 9.26. The van der Waals surface area contributed by atoms with Crippen LogP contribution in [0.4, 0.5) is 5.69 Å². The van der Waals surface area contributed by atoms with Gasteiger partial charge in [0, 0.05) is 51.5 Å². The Hall–Kier alpha value is -1.02. The summed E-state index contributed by atoms with van der Waals surface area (Å²) in [6.07, 6.45) is 3.63. The number of guanidine groups is 1. The average molecular weight is 473 g/mol. The quantitative estimate of drug-likeness (QED) is 0.363. The van der Waals surface area contributed by atoms with Crippen molar-refractivity contribution in [3.8, 4) is 0 Å². The van der Waals surface area contributed by atoms with Gasteiger partial charge in [0.25, 0.3) is 0 Å². The molecular weight excluding hydrogens is 437 g/mol. The molecule has 26 heavy (non-hydrogen) atoms. The molecule has 1 aromatic carbocycles. The Labute approximate surface area is 176 Å². The van der Waals surface area contributed by atoms with Crippen LogP contribution in [0.5, 0.6) is 0 Å². The van der Waals surface area contributed by atoms with E-state index in [9.17, 15) is 0 Å². The van der Waals surface area contributed by atoms with E-state index < -0.39 is 0 Å². The summed E-state index contributed by atoms with van der Waals surface area (Å²) in [5.74, 6) is 0.919. The SMILES string of the molecule is CCCN1CCC(NC(=NC)NCC(C)N(C)c2ccccc2)CC1.I. The Morgan fingerprint density at radius 3 is 2.50 bits per heavy atom. The molecule has 1 heterocycles. The molecule has 1 atom stereocenters. The fourth-order valence-electron chi connectivity index (χ4n) is 3.30. The molecule has 2 rings (SSSR count). The van der Waals surface area contributed by atoms with Gasteiger partial charge in [0.2, 0.25) is 0 Å². The number of hydrogen-bond donors (Lipinski definition) is 2. The van der Waals surface area contributed by atoms with Crippen LogP contribution < -0.4 is 15.5 Å². The lowest BCUT2D eigenvalue weighted by Gasteiger charge is -2.33. The van der Waals surface area contributed by atoms with Crippen molar-refractivity contribution in [3.63, 3.8) is 0 Å². The second kappa shape index (κ2) is 12.4. The first-order valence-electron chi connectivity index (χ1n) is 9.61. The molecule has 0 radical (unpaired) electrons. The van der Waals surface area contributed by atoms with Gasteiger partial charge in [0.15, 0.2) is 5.96 Å². The maximum absolute atomic E-state index is 4.40. The lowest BCUT2D eigenvalue weighted by Crippen LogP contribution is -2.51. The maximum atomic E-state index is 4.40. The molecule has 1 aliphatic heterocycles. The topological polar surface area (TPSA) is 42.9 Å². The van der Waals surface area contributed by atoms with Crippen molar-refractivity contribution in [1.82, 2.24) is 15.5 Å². The molecule has 1 aliphatic rings. The summed E-state index contributed by atoms with van der Waals surface area (Å²) in [6.45, 7) is 8.95. The first-order chi connectivity index (χ1) is 12.1. The number of halogens is 1. The molecule has 0 saturated carbocycles. The van der Waals surface area contributed by atoms with E-state index in [4.69, 9.17) is 0 Å². The minimum absolute atomic E-state index is 0. The lowest BCUT2D eigenvalue weighted by molar-refractivity contribution is 0.206. The molecule has 1 aromatic rings. The molecule has 1 unspecified atom stereocenters. The van der Waals surface area contributed by atoms with Crippen LogP contribution in [0.15, 0.2) is 35.3 Å². The molecule has 0 aliphatic carbocycles. The number of aliphatic imine (C=N–C) groups is 1. The number of likely N-dealkylation sites (tertiary alicyclic amines) is 1. The molecule has 2 N–H and O–H groups in total. The molecule has 1 saturated heterocycles. The average Bonchev–Trinajstić information content (AvgIpc) is 2.66. The zero-order valence-corrected chi connectivity index (χ0v) is 19.1. The molecule has 1 fully saturated rings. The second-order valence-electron chi connectivity index (χ2n) is 7.01. The van der Waals surface area contributed by atoms with Crippen LogP contribution in [0.25, 0.3) is 0 Å². The van der Waals surface area contributed by atoms with E-state index in [-0.39, 0.29) is 24.0 Å². The Balaban J connectivity index is 0.00000338. The summed E-state index contributed by atoms with van der Waals surface area (Å²) >= 11 is 0. The predicted octanol–water partition coefficient (Wildman–Crippen LogP) is 3.17. The van der Waals surface area contributed by atoms with Crippen molar-refractivity contribution >= 4 is 35.6 Å². The third-order valence-electron chi connectivity index (χ3n) is 5.08. The summed E-state index contributed by atoms with van der Waals surface area (Å²) in [5.41, 5.74) is 1.24. The highest BCUT2D eigenvalue weighted by Crippen LogP contribution is 2.14.